The van der Waals surface area contributed by atoms with E-state index in [1.165, 1.54) is 6.07 Å². The lowest BCUT2D eigenvalue weighted by molar-refractivity contribution is -0.643. The molecule has 0 saturated heterocycles. The van der Waals surface area contributed by atoms with E-state index in [9.17, 15) is 5.21 Å². The smallest absolute Gasteiger partial charge is 0.381 e. The standard InChI is InChI=1S/C10H10ClN3O2/c1-2-5-16-10-12-8-4-3-7(11)6-9(8)14(15)13-10/h3-4,6H,2,5H2,1H3. The number of fused-ring (bicyclic) bond motifs is 1. The maximum atomic E-state index is 11.5. The number of ether oxygens (including phenoxy) is 1. The van der Waals surface area contributed by atoms with E-state index in [4.69, 9.17) is 16.3 Å². The van der Waals surface area contributed by atoms with Gasteiger partial charge in [-0.25, -0.2) is 0 Å². The fourth-order valence-electron chi connectivity index (χ4n) is 1.26. The maximum absolute atomic E-state index is 11.5. The van der Waals surface area contributed by atoms with E-state index in [1.54, 1.807) is 12.1 Å². The van der Waals surface area contributed by atoms with Crippen LogP contribution in [-0.4, -0.2) is 16.7 Å². The Morgan fingerprint density at radius 3 is 3.06 bits per heavy atom. The summed E-state index contributed by atoms with van der Waals surface area (Å²) in [7, 11) is 0. The highest BCUT2D eigenvalue weighted by Gasteiger charge is 2.11. The minimum Gasteiger partial charge on any atom is -0.594 e. The van der Waals surface area contributed by atoms with Crippen LogP contribution >= 0.6 is 11.6 Å². The van der Waals surface area contributed by atoms with Crippen LogP contribution in [0.15, 0.2) is 18.2 Å². The second-order valence-electron chi connectivity index (χ2n) is 3.25. The molecular formula is C10H10ClN3O2. The van der Waals surface area contributed by atoms with Gasteiger partial charge in [0.05, 0.1) is 11.7 Å². The summed E-state index contributed by atoms with van der Waals surface area (Å²) >= 11 is 5.78. The highest BCUT2D eigenvalue weighted by atomic mass is 35.5. The van der Waals surface area contributed by atoms with E-state index in [-0.39, 0.29) is 6.01 Å². The minimum absolute atomic E-state index is 0.0895. The number of nitrogens with zero attached hydrogens (tertiary/aromatic N) is 3. The van der Waals surface area contributed by atoms with Crippen molar-refractivity contribution in [1.29, 1.82) is 0 Å². The number of hydrogen-bond donors (Lipinski definition) is 0. The average Bonchev–Trinajstić information content (AvgIpc) is 2.27. The Bertz CT molecular complexity index is 519. The molecule has 5 nitrogen and oxygen atoms in total. The van der Waals surface area contributed by atoms with Gasteiger partial charge in [0.2, 0.25) is 0 Å². The summed E-state index contributed by atoms with van der Waals surface area (Å²) in [4.78, 5) is 4.57. The summed E-state index contributed by atoms with van der Waals surface area (Å²) in [5.74, 6) is 0. The Kier molecular flexibility index (Phi) is 3.05. The lowest BCUT2D eigenvalue weighted by Crippen LogP contribution is -2.33. The van der Waals surface area contributed by atoms with Crippen molar-refractivity contribution in [2.45, 2.75) is 13.3 Å². The molecular weight excluding hydrogens is 230 g/mol. The van der Waals surface area contributed by atoms with Gasteiger partial charge in [0, 0.05) is 11.1 Å². The van der Waals surface area contributed by atoms with Crippen LogP contribution in [0.4, 0.5) is 0 Å². The van der Waals surface area contributed by atoms with Gasteiger partial charge in [0.1, 0.15) is 5.52 Å². The Morgan fingerprint density at radius 1 is 1.50 bits per heavy atom. The average molecular weight is 240 g/mol. The Hall–Kier alpha value is -1.62. The first kappa shape index (κ1) is 10.9. The largest absolute Gasteiger partial charge is 0.594 e. The van der Waals surface area contributed by atoms with Gasteiger partial charge in [-0.3, -0.25) is 0 Å². The molecule has 0 radical (unpaired) electrons. The number of rotatable bonds is 3. The quantitative estimate of drug-likeness (QED) is 0.604. The molecule has 2 rings (SSSR count). The molecule has 0 fully saturated rings. The predicted molar refractivity (Wildman–Crippen MR) is 59.3 cm³/mol. The van der Waals surface area contributed by atoms with Crippen molar-refractivity contribution in [3.05, 3.63) is 28.4 Å². The van der Waals surface area contributed by atoms with E-state index in [0.717, 1.165) is 6.42 Å². The summed E-state index contributed by atoms with van der Waals surface area (Å²) in [5, 5.41) is 15.7. The first-order valence-corrected chi connectivity index (χ1v) is 5.28. The molecule has 1 heterocycles. The van der Waals surface area contributed by atoms with Crippen molar-refractivity contribution in [1.82, 2.24) is 10.1 Å². The molecule has 16 heavy (non-hydrogen) atoms. The summed E-state index contributed by atoms with van der Waals surface area (Å²) in [6.45, 7) is 2.45. The van der Waals surface area contributed by atoms with E-state index in [1.807, 2.05) is 6.92 Å². The van der Waals surface area contributed by atoms with Crippen LogP contribution in [0.2, 0.25) is 5.02 Å². The second kappa shape index (κ2) is 4.49. The summed E-state index contributed by atoms with van der Waals surface area (Å²) in [5.41, 5.74) is 0.844. The van der Waals surface area contributed by atoms with E-state index < -0.39 is 0 Å². The molecule has 0 unspecified atom stereocenters. The second-order valence-corrected chi connectivity index (χ2v) is 3.69. The first-order valence-electron chi connectivity index (χ1n) is 4.90. The van der Waals surface area contributed by atoms with Crippen LogP contribution in [-0.2, 0) is 0 Å². The highest BCUT2D eigenvalue weighted by molar-refractivity contribution is 6.31. The zero-order valence-corrected chi connectivity index (χ0v) is 9.44. The maximum Gasteiger partial charge on any atom is 0.381 e. The zero-order valence-electron chi connectivity index (χ0n) is 8.68. The lowest BCUT2D eigenvalue weighted by Gasteiger charge is -2.03. The number of benzene rings is 1. The van der Waals surface area contributed by atoms with E-state index in [0.29, 0.717) is 27.5 Å². The van der Waals surface area contributed by atoms with E-state index >= 15 is 0 Å². The molecule has 0 spiro atoms. The SMILES string of the molecule is CCCOc1nc2ccc(Cl)cc2[n+]([O-])n1. The van der Waals surface area contributed by atoms with Crippen molar-refractivity contribution in [3.8, 4) is 6.01 Å². The first-order chi connectivity index (χ1) is 7.70. The van der Waals surface area contributed by atoms with Gasteiger partial charge in [0.15, 0.2) is 0 Å². The van der Waals surface area contributed by atoms with Gasteiger partial charge < -0.3 is 9.94 Å². The predicted octanol–water partition coefficient (Wildman–Crippen LogP) is 1.71. The molecule has 0 N–H and O–H groups in total. The molecule has 1 aromatic heterocycles. The zero-order chi connectivity index (χ0) is 11.5. The van der Waals surface area contributed by atoms with Gasteiger partial charge in [0.25, 0.3) is 5.52 Å². The fraction of sp³-hybridized carbons (Fsp3) is 0.300. The van der Waals surface area contributed by atoms with Crippen molar-refractivity contribution in [2.75, 3.05) is 6.61 Å². The van der Waals surface area contributed by atoms with Gasteiger partial charge >= 0.3 is 6.01 Å². The van der Waals surface area contributed by atoms with Crippen LogP contribution in [0.5, 0.6) is 6.01 Å². The molecule has 0 aliphatic rings. The Labute approximate surface area is 97.2 Å². The summed E-state index contributed by atoms with van der Waals surface area (Å²) in [6, 6.07) is 4.94. The van der Waals surface area contributed by atoms with Crippen LogP contribution < -0.4 is 9.58 Å². The van der Waals surface area contributed by atoms with Crippen molar-refractivity contribution >= 4 is 22.6 Å². The molecule has 0 amide bonds. The van der Waals surface area contributed by atoms with E-state index in [2.05, 4.69) is 10.1 Å². The molecule has 0 atom stereocenters. The fourth-order valence-corrected chi connectivity index (χ4v) is 1.42. The molecule has 0 saturated carbocycles. The normalized spacial score (nSPS) is 10.6. The molecule has 6 heteroatoms. The molecule has 1 aromatic carbocycles. The minimum atomic E-state index is 0.0895. The van der Waals surface area contributed by atoms with Crippen LogP contribution in [0.3, 0.4) is 0 Å². The summed E-state index contributed by atoms with van der Waals surface area (Å²) in [6.07, 6.45) is 0.834. The lowest BCUT2D eigenvalue weighted by atomic mass is 10.3. The molecule has 0 aliphatic heterocycles. The highest BCUT2D eigenvalue weighted by Crippen LogP contribution is 2.15. The Balaban J connectivity index is 2.46. The third-order valence-electron chi connectivity index (χ3n) is 1.97. The number of aromatic nitrogens is 3. The molecule has 2 aromatic rings. The number of halogens is 1. The van der Waals surface area contributed by atoms with Crippen molar-refractivity contribution in [3.63, 3.8) is 0 Å². The number of hydrogen-bond acceptors (Lipinski definition) is 4. The van der Waals surface area contributed by atoms with Crippen molar-refractivity contribution in [2.24, 2.45) is 0 Å². The molecule has 0 bridgehead atoms. The van der Waals surface area contributed by atoms with Crippen LogP contribution in [0.25, 0.3) is 11.0 Å². The Morgan fingerprint density at radius 2 is 2.31 bits per heavy atom. The van der Waals surface area contributed by atoms with Crippen molar-refractivity contribution < 1.29 is 9.58 Å². The van der Waals surface area contributed by atoms with Crippen LogP contribution in [0, 0.1) is 5.21 Å². The van der Waals surface area contributed by atoms with Gasteiger partial charge in [-0.15, -0.1) is 0 Å². The van der Waals surface area contributed by atoms with Gasteiger partial charge in [-0.1, -0.05) is 18.5 Å². The monoisotopic (exact) mass is 239 g/mol. The molecule has 84 valence electrons. The van der Waals surface area contributed by atoms with Crippen LogP contribution in [0.1, 0.15) is 13.3 Å². The topological polar surface area (TPSA) is 62.0 Å². The summed E-state index contributed by atoms with van der Waals surface area (Å²) < 4.78 is 5.20. The third kappa shape index (κ3) is 2.14. The molecule has 0 aliphatic carbocycles. The third-order valence-corrected chi connectivity index (χ3v) is 2.21. The van der Waals surface area contributed by atoms with Gasteiger partial charge in [-0.2, -0.15) is 4.98 Å². The van der Waals surface area contributed by atoms with Gasteiger partial charge in [-0.05, 0) is 23.4 Å².